The van der Waals surface area contributed by atoms with E-state index in [0.717, 1.165) is 25.0 Å². The van der Waals surface area contributed by atoms with E-state index in [9.17, 15) is 14.4 Å². The fourth-order valence-corrected chi connectivity index (χ4v) is 5.21. The van der Waals surface area contributed by atoms with Gasteiger partial charge in [-0.15, -0.1) is 0 Å². The van der Waals surface area contributed by atoms with Crippen LogP contribution in [0.1, 0.15) is 49.2 Å². The summed E-state index contributed by atoms with van der Waals surface area (Å²) < 4.78 is 6.81. The van der Waals surface area contributed by atoms with E-state index in [-0.39, 0.29) is 17.6 Å². The van der Waals surface area contributed by atoms with Gasteiger partial charge in [-0.1, -0.05) is 37.6 Å². The maximum atomic E-state index is 13.4. The number of hydrogen-bond acceptors (Lipinski definition) is 7. The van der Waals surface area contributed by atoms with Crippen LogP contribution in [0, 0.1) is 0 Å². The van der Waals surface area contributed by atoms with Gasteiger partial charge < -0.3 is 14.5 Å². The van der Waals surface area contributed by atoms with Gasteiger partial charge >= 0.3 is 6.09 Å². The van der Waals surface area contributed by atoms with Crippen molar-refractivity contribution < 1.29 is 14.3 Å². The van der Waals surface area contributed by atoms with Gasteiger partial charge in [0.2, 0.25) is 0 Å². The summed E-state index contributed by atoms with van der Waals surface area (Å²) in [6.45, 7) is 6.53. The van der Waals surface area contributed by atoms with Crippen molar-refractivity contribution in [2.45, 2.75) is 50.6 Å². The molecule has 37 heavy (non-hydrogen) atoms. The fourth-order valence-electron chi connectivity index (χ4n) is 4.27. The van der Waals surface area contributed by atoms with Gasteiger partial charge in [0.25, 0.3) is 11.5 Å². The molecule has 2 aromatic heterocycles. The SMILES string of the molecule is CCCCCn1c(SCc2ccccn2)nc2cc(C(=O)N3CCN(C(=O)OCC)CC3)ccc2c1=O. The molecule has 196 valence electrons. The summed E-state index contributed by atoms with van der Waals surface area (Å²) in [5.41, 5.74) is 1.81. The molecule has 0 spiro atoms. The largest absolute Gasteiger partial charge is 0.450 e. The van der Waals surface area contributed by atoms with Crippen molar-refractivity contribution in [2.75, 3.05) is 32.8 Å². The molecule has 0 bridgehead atoms. The van der Waals surface area contributed by atoms with Crippen molar-refractivity contribution in [3.05, 3.63) is 64.2 Å². The zero-order valence-electron chi connectivity index (χ0n) is 21.4. The Hall–Kier alpha value is -3.40. The number of thioether (sulfide) groups is 1. The van der Waals surface area contributed by atoms with Gasteiger partial charge in [0, 0.05) is 50.2 Å². The van der Waals surface area contributed by atoms with E-state index in [4.69, 9.17) is 9.72 Å². The molecule has 1 aliphatic rings. The van der Waals surface area contributed by atoms with Crippen LogP contribution in [-0.2, 0) is 17.0 Å². The third kappa shape index (κ3) is 6.49. The third-order valence-electron chi connectivity index (χ3n) is 6.32. The number of carbonyl (C=O) groups excluding carboxylic acids is 2. The lowest BCUT2D eigenvalue weighted by Gasteiger charge is -2.34. The summed E-state index contributed by atoms with van der Waals surface area (Å²) in [5.74, 6) is 0.456. The molecule has 1 aliphatic heterocycles. The van der Waals surface area contributed by atoms with Crippen molar-refractivity contribution >= 4 is 34.7 Å². The fraction of sp³-hybridized carbons (Fsp3) is 0.444. The number of hydrogen-bond donors (Lipinski definition) is 0. The van der Waals surface area contributed by atoms with Crippen LogP contribution < -0.4 is 5.56 Å². The Labute approximate surface area is 220 Å². The smallest absolute Gasteiger partial charge is 0.409 e. The second-order valence-corrected chi connectivity index (χ2v) is 9.82. The number of rotatable bonds is 9. The van der Waals surface area contributed by atoms with Crippen LogP contribution in [0.25, 0.3) is 10.9 Å². The first kappa shape index (κ1) is 26.7. The van der Waals surface area contributed by atoms with E-state index in [0.29, 0.717) is 66.7 Å². The number of unbranched alkanes of at least 4 members (excludes halogenated alkanes) is 2. The van der Waals surface area contributed by atoms with Crippen molar-refractivity contribution in [2.24, 2.45) is 0 Å². The average Bonchev–Trinajstić information content (AvgIpc) is 2.93. The minimum absolute atomic E-state index is 0.0910. The van der Waals surface area contributed by atoms with Gasteiger partial charge in [0.1, 0.15) is 0 Å². The third-order valence-corrected chi connectivity index (χ3v) is 7.33. The lowest BCUT2D eigenvalue weighted by Crippen LogP contribution is -2.50. The number of fused-ring (bicyclic) bond motifs is 1. The number of amides is 2. The molecule has 3 aromatic rings. The van der Waals surface area contributed by atoms with Crippen molar-refractivity contribution in [1.29, 1.82) is 0 Å². The van der Waals surface area contributed by atoms with Gasteiger partial charge in [-0.25, -0.2) is 9.78 Å². The monoisotopic (exact) mass is 523 g/mol. The average molecular weight is 524 g/mol. The predicted octanol–water partition coefficient (Wildman–Crippen LogP) is 4.19. The molecule has 0 radical (unpaired) electrons. The minimum atomic E-state index is -0.351. The first-order valence-electron chi connectivity index (χ1n) is 12.8. The highest BCUT2D eigenvalue weighted by Crippen LogP contribution is 2.23. The Balaban J connectivity index is 1.57. The molecule has 0 atom stereocenters. The summed E-state index contributed by atoms with van der Waals surface area (Å²) in [5, 5.41) is 1.13. The number of pyridine rings is 1. The minimum Gasteiger partial charge on any atom is -0.450 e. The zero-order chi connectivity index (χ0) is 26.2. The highest BCUT2D eigenvalue weighted by atomic mass is 32.2. The summed E-state index contributed by atoms with van der Waals surface area (Å²) in [4.78, 5) is 51.2. The highest BCUT2D eigenvalue weighted by Gasteiger charge is 2.26. The van der Waals surface area contributed by atoms with Crippen LogP contribution in [0.15, 0.2) is 52.5 Å². The second kappa shape index (κ2) is 12.7. The van der Waals surface area contributed by atoms with E-state index in [1.165, 1.54) is 11.8 Å². The van der Waals surface area contributed by atoms with Gasteiger partial charge in [-0.3, -0.25) is 19.1 Å². The number of ether oxygens (including phenoxy) is 1. The Morgan fingerprint density at radius 2 is 1.81 bits per heavy atom. The summed E-state index contributed by atoms with van der Waals surface area (Å²) in [7, 11) is 0. The molecule has 9 nitrogen and oxygen atoms in total. The number of piperazine rings is 1. The topological polar surface area (TPSA) is 97.6 Å². The van der Waals surface area contributed by atoms with E-state index in [1.54, 1.807) is 45.7 Å². The first-order valence-corrected chi connectivity index (χ1v) is 13.8. The molecule has 3 heterocycles. The summed E-state index contributed by atoms with van der Waals surface area (Å²) >= 11 is 1.48. The molecule has 1 saturated heterocycles. The standard InChI is InChI=1S/C27H33N5O4S/c1-3-5-8-13-32-25(34)22-11-10-20(24(33)30-14-16-31(17-15-30)27(35)36-4-2)18-23(22)29-26(32)37-19-21-9-6-7-12-28-21/h6-7,9-12,18H,3-5,8,13-17,19H2,1-2H3. The zero-order valence-corrected chi connectivity index (χ0v) is 22.2. The summed E-state index contributed by atoms with van der Waals surface area (Å²) in [6, 6.07) is 10.9. The molecule has 1 aromatic carbocycles. The molecule has 0 unspecified atom stereocenters. The number of aromatic nitrogens is 3. The van der Waals surface area contributed by atoms with Crippen LogP contribution in [0.4, 0.5) is 4.79 Å². The van der Waals surface area contributed by atoms with Crippen molar-refractivity contribution in [3.8, 4) is 0 Å². The van der Waals surface area contributed by atoms with Crippen LogP contribution in [0.3, 0.4) is 0 Å². The van der Waals surface area contributed by atoms with Crippen LogP contribution in [0.2, 0.25) is 0 Å². The highest BCUT2D eigenvalue weighted by molar-refractivity contribution is 7.98. The van der Waals surface area contributed by atoms with Crippen LogP contribution in [0.5, 0.6) is 0 Å². The second-order valence-electron chi connectivity index (χ2n) is 8.88. The molecule has 0 N–H and O–H groups in total. The lowest BCUT2D eigenvalue weighted by atomic mass is 10.1. The maximum absolute atomic E-state index is 13.4. The molecular weight excluding hydrogens is 490 g/mol. The predicted molar refractivity (Wildman–Crippen MR) is 144 cm³/mol. The van der Waals surface area contributed by atoms with E-state index in [1.807, 2.05) is 18.2 Å². The Bertz CT molecular complexity index is 1290. The lowest BCUT2D eigenvalue weighted by molar-refractivity contribution is 0.0570. The molecule has 2 amide bonds. The van der Waals surface area contributed by atoms with Gasteiger partial charge in [0.05, 0.1) is 23.2 Å². The molecule has 1 fully saturated rings. The molecule has 10 heteroatoms. The Morgan fingerprint density at radius 1 is 1.03 bits per heavy atom. The quantitative estimate of drug-likeness (QED) is 0.236. The Kier molecular flexibility index (Phi) is 9.16. The number of benzene rings is 1. The van der Waals surface area contributed by atoms with Crippen molar-refractivity contribution in [3.63, 3.8) is 0 Å². The van der Waals surface area contributed by atoms with Gasteiger partial charge in [-0.2, -0.15) is 0 Å². The van der Waals surface area contributed by atoms with E-state index >= 15 is 0 Å². The van der Waals surface area contributed by atoms with Gasteiger partial charge in [-0.05, 0) is 43.7 Å². The van der Waals surface area contributed by atoms with E-state index < -0.39 is 0 Å². The summed E-state index contributed by atoms with van der Waals surface area (Å²) in [6.07, 6.45) is 4.39. The van der Waals surface area contributed by atoms with E-state index in [2.05, 4.69) is 11.9 Å². The molecule has 4 rings (SSSR count). The maximum Gasteiger partial charge on any atom is 0.409 e. The number of carbonyl (C=O) groups is 2. The Morgan fingerprint density at radius 3 is 2.51 bits per heavy atom. The van der Waals surface area contributed by atoms with Gasteiger partial charge in [0.15, 0.2) is 5.16 Å². The number of nitrogens with zero attached hydrogens (tertiary/aromatic N) is 5. The molecule has 0 aliphatic carbocycles. The molecular formula is C27H33N5O4S. The van der Waals surface area contributed by atoms with Crippen molar-refractivity contribution in [1.82, 2.24) is 24.3 Å². The van der Waals surface area contributed by atoms with Crippen LogP contribution in [-0.4, -0.2) is 69.1 Å². The first-order chi connectivity index (χ1) is 18.0. The normalized spacial score (nSPS) is 13.7. The molecule has 0 saturated carbocycles. The van der Waals surface area contributed by atoms with Crippen LogP contribution >= 0.6 is 11.8 Å².